The summed E-state index contributed by atoms with van der Waals surface area (Å²) in [5, 5.41) is 0.283. The highest BCUT2D eigenvalue weighted by molar-refractivity contribution is 6.31. The minimum atomic E-state index is -0.833. The van der Waals surface area contributed by atoms with Crippen molar-refractivity contribution in [3.8, 4) is 0 Å². The maximum absolute atomic E-state index is 13.7. The highest BCUT2D eigenvalue weighted by atomic mass is 35.5. The van der Waals surface area contributed by atoms with Crippen LogP contribution < -0.4 is 0 Å². The molecule has 1 aromatic carbocycles. The number of hydrogen-bond acceptors (Lipinski definition) is 2. The number of rotatable bonds is 7. The van der Waals surface area contributed by atoms with E-state index in [0.717, 1.165) is 0 Å². The number of ether oxygens (including phenoxy) is 1. The summed E-state index contributed by atoms with van der Waals surface area (Å²) in [4.78, 5) is 12.4. The number of Topliss-reactive ketones (excluding diaryl/α,β-unsaturated/α-hetero) is 1. The van der Waals surface area contributed by atoms with Crippen molar-refractivity contribution in [3.63, 3.8) is 0 Å². The topological polar surface area (TPSA) is 26.3 Å². The standard InChI is InChI=1S/C15H20ClFO2/c1-4-15(5-2,19-6-3)14(18)10-11-12(16)8-7-9-13(11)17/h7-9H,4-6,10H2,1-3H3. The summed E-state index contributed by atoms with van der Waals surface area (Å²) in [6.45, 7) is 6.11. The fraction of sp³-hybridized carbons (Fsp3) is 0.533. The van der Waals surface area contributed by atoms with Crippen molar-refractivity contribution in [2.45, 2.75) is 45.6 Å². The predicted octanol–water partition coefficient (Wildman–Crippen LogP) is 4.19. The van der Waals surface area contributed by atoms with Crippen LogP contribution in [0.4, 0.5) is 4.39 Å². The average molecular weight is 287 g/mol. The van der Waals surface area contributed by atoms with Gasteiger partial charge in [-0.1, -0.05) is 31.5 Å². The maximum atomic E-state index is 13.7. The summed E-state index contributed by atoms with van der Waals surface area (Å²) in [6.07, 6.45) is 1.11. The lowest BCUT2D eigenvalue weighted by molar-refractivity contribution is -0.144. The quantitative estimate of drug-likeness (QED) is 0.751. The average Bonchev–Trinajstić information content (AvgIpc) is 2.40. The molecule has 0 atom stereocenters. The molecule has 0 aromatic heterocycles. The zero-order valence-corrected chi connectivity index (χ0v) is 12.4. The van der Waals surface area contributed by atoms with Crippen molar-refractivity contribution in [3.05, 3.63) is 34.6 Å². The molecule has 0 amide bonds. The summed E-state index contributed by atoms with van der Waals surface area (Å²) in [6, 6.07) is 4.43. The lowest BCUT2D eigenvalue weighted by atomic mass is 9.88. The van der Waals surface area contributed by atoms with Crippen LogP contribution >= 0.6 is 11.6 Å². The van der Waals surface area contributed by atoms with Gasteiger partial charge in [0.1, 0.15) is 11.4 Å². The first-order valence-corrected chi connectivity index (χ1v) is 6.98. The monoisotopic (exact) mass is 286 g/mol. The second kappa shape index (κ2) is 7.01. The highest BCUT2D eigenvalue weighted by Crippen LogP contribution is 2.27. The zero-order valence-electron chi connectivity index (χ0n) is 11.6. The van der Waals surface area contributed by atoms with Crippen LogP contribution in [-0.4, -0.2) is 18.0 Å². The largest absolute Gasteiger partial charge is 0.368 e. The molecular formula is C15H20ClFO2. The molecule has 0 aliphatic rings. The fourth-order valence-corrected chi connectivity index (χ4v) is 2.46. The third-order valence-electron chi connectivity index (χ3n) is 3.47. The van der Waals surface area contributed by atoms with E-state index in [0.29, 0.717) is 19.4 Å². The molecule has 1 aromatic rings. The van der Waals surface area contributed by atoms with Gasteiger partial charge in [-0.25, -0.2) is 4.39 Å². The minimum Gasteiger partial charge on any atom is -0.368 e. The molecule has 106 valence electrons. The molecule has 0 heterocycles. The van der Waals surface area contributed by atoms with E-state index >= 15 is 0 Å². The van der Waals surface area contributed by atoms with Crippen LogP contribution in [0.1, 0.15) is 39.2 Å². The van der Waals surface area contributed by atoms with E-state index in [4.69, 9.17) is 16.3 Å². The van der Waals surface area contributed by atoms with Gasteiger partial charge in [0.2, 0.25) is 0 Å². The molecule has 4 heteroatoms. The molecule has 0 saturated heterocycles. The summed E-state index contributed by atoms with van der Waals surface area (Å²) in [5.41, 5.74) is -0.583. The molecule has 0 unspecified atom stereocenters. The van der Waals surface area contributed by atoms with Crippen molar-refractivity contribution in [2.24, 2.45) is 0 Å². The second-order valence-corrected chi connectivity index (χ2v) is 4.84. The number of benzene rings is 1. The van der Waals surface area contributed by atoms with Gasteiger partial charge in [-0.05, 0) is 31.9 Å². The molecule has 0 aliphatic heterocycles. The van der Waals surface area contributed by atoms with Crippen LogP contribution in [0.15, 0.2) is 18.2 Å². The summed E-state index contributed by atoms with van der Waals surface area (Å²) in [5.74, 6) is -0.565. The molecule has 0 fully saturated rings. The lowest BCUT2D eigenvalue weighted by Gasteiger charge is -2.30. The SMILES string of the molecule is CCOC(CC)(CC)C(=O)Cc1c(F)cccc1Cl. The molecule has 0 radical (unpaired) electrons. The Kier molecular flexibility index (Phi) is 5.95. The number of hydrogen-bond donors (Lipinski definition) is 0. The Morgan fingerprint density at radius 3 is 2.42 bits per heavy atom. The van der Waals surface area contributed by atoms with Gasteiger partial charge < -0.3 is 4.74 Å². The summed E-state index contributed by atoms with van der Waals surface area (Å²) < 4.78 is 19.3. The van der Waals surface area contributed by atoms with Gasteiger partial charge in [-0.3, -0.25) is 4.79 Å². The lowest BCUT2D eigenvalue weighted by Crippen LogP contribution is -2.41. The van der Waals surface area contributed by atoms with E-state index in [1.54, 1.807) is 6.07 Å². The normalized spacial score (nSPS) is 11.6. The Morgan fingerprint density at radius 2 is 1.95 bits per heavy atom. The van der Waals surface area contributed by atoms with Crippen molar-refractivity contribution in [1.29, 1.82) is 0 Å². The fourth-order valence-electron chi connectivity index (χ4n) is 2.23. The van der Waals surface area contributed by atoms with E-state index in [-0.39, 0.29) is 22.8 Å². The van der Waals surface area contributed by atoms with E-state index in [2.05, 4.69) is 0 Å². The number of halogens is 2. The summed E-state index contributed by atoms with van der Waals surface area (Å²) in [7, 11) is 0. The molecule has 0 spiro atoms. The first-order chi connectivity index (χ1) is 9.00. The second-order valence-electron chi connectivity index (χ2n) is 4.43. The van der Waals surface area contributed by atoms with Gasteiger partial charge in [-0.2, -0.15) is 0 Å². The van der Waals surface area contributed by atoms with Crippen LogP contribution in [0.25, 0.3) is 0 Å². The Balaban J connectivity index is 3.00. The van der Waals surface area contributed by atoms with Gasteiger partial charge in [0.05, 0.1) is 0 Å². The number of ketones is 1. The van der Waals surface area contributed by atoms with Crippen molar-refractivity contribution >= 4 is 17.4 Å². The van der Waals surface area contributed by atoms with E-state index in [1.807, 2.05) is 20.8 Å². The van der Waals surface area contributed by atoms with Crippen molar-refractivity contribution in [2.75, 3.05) is 6.61 Å². The van der Waals surface area contributed by atoms with E-state index in [1.165, 1.54) is 12.1 Å². The van der Waals surface area contributed by atoms with Crippen molar-refractivity contribution in [1.82, 2.24) is 0 Å². The van der Waals surface area contributed by atoms with Crippen LogP contribution in [0.2, 0.25) is 5.02 Å². The first-order valence-electron chi connectivity index (χ1n) is 6.60. The van der Waals surface area contributed by atoms with Crippen LogP contribution in [0, 0.1) is 5.82 Å². The highest BCUT2D eigenvalue weighted by Gasteiger charge is 2.35. The molecule has 2 nitrogen and oxygen atoms in total. The Hall–Kier alpha value is -0.930. The Morgan fingerprint density at radius 1 is 1.32 bits per heavy atom. The van der Waals surface area contributed by atoms with Crippen LogP contribution in [0.5, 0.6) is 0 Å². The van der Waals surface area contributed by atoms with E-state index < -0.39 is 11.4 Å². The van der Waals surface area contributed by atoms with Gasteiger partial charge >= 0.3 is 0 Å². The third-order valence-corrected chi connectivity index (χ3v) is 3.82. The number of carbonyl (C=O) groups is 1. The Bertz CT molecular complexity index is 422. The van der Waals surface area contributed by atoms with Crippen molar-refractivity contribution < 1.29 is 13.9 Å². The molecular weight excluding hydrogens is 267 g/mol. The third kappa shape index (κ3) is 3.54. The Labute approximate surface area is 118 Å². The van der Waals surface area contributed by atoms with Gasteiger partial charge in [0, 0.05) is 23.6 Å². The summed E-state index contributed by atoms with van der Waals surface area (Å²) >= 11 is 5.95. The molecule has 0 N–H and O–H groups in total. The molecule has 19 heavy (non-hydrogen) atoms. The number of carbonyl (C=O) groups excluding carboxylic acids is 1. The van der Waals surface area contributed by atoms with Crippen LogP contribution in [-0.2, 0) is 16.0 Å². The van der Waals surface area contributed by atoms with Gasteiger partial charge in [0.25, 0.3) is 0 Å². The molecule has 0 saturated carbocycles. The maximum Gasteiger partial charge on any atom is 0.169 e. The molecule has 0 bridgehead atoms. The minimum absolute atomic E-state index is 0.0345. The first kappa shape index (κ1) is 16.1. The zero-order chi connectivity index (χ0) is 14.5. The molecule has 0 aliphatic carbocycles. The van der Waals surface area contributed by atoms with E-state index in [9.17, 15) is 9.18 Å². The predicted molar refractivity (Wildman–Crippen MR) is 75.1 cm³/mol. The molecule has 1 rings (SSSR count). The van der Waals surface area contributed by atoms with Gasteiger partial charge in [-0.15, -0.1) is 0 Å². The smallest absolute Gasteiger partial charge is 0.169 e. The van der Waals surface area contributed by atoms with Crippen LogP contribution in [0.3, 0.4) is 0 Å². The van der Waals surface area contributed by atoms with Gasteiger partial charge in [0.15, 0.2) is 5.78 Å².